The summed E-state index contributed by atoms with van der Waals surface area (Å²) in [5, 5.41) is 0. The summed E-state index contributed by atoms with van der Waals surface area (Å²) < 4.78 is 0. The van der Waals surface area contributed by atoms with E-state index in [0.29, 0.717) is 0 Å². The maximum absolute atomic E-state index is 4.25. The summed E-state index contributed by atoms with van der Waals surface area (Å²) in [5.41, 5.74) is 1.37. The van der Waals surface area contributed by atoms with Gasteiger partial charge in [0.1, 0.15) is 5.82 Å². The molecule has 2 heteroatoms. The Kier molecular flexibility index (Phi) is 3.09. The molecule has 0 unspecified atom stereocenters. The first-order valence-corrected chi connectivity index (χ1v) is 4.36. The fourth-order valence-electron chi connectivity index (χ4n) is 1.15. The molecule has 0 spiro atoms. The van der Waals surface area contributed by atoms with E-state index in [0.717, 1.165) is 12.2 Å². The minimum Gasteiger partial charge on any atom is -0.363 e. The molecule has 0 amide bonds. The molecule has 0 aliphatic carbocycles. The van der Waals surface area contributed by atoms with Crippen LogP contribution in [0.1, 0.15) is 18.9 Å². The second-order valence-corrected chi connectivity index (χ2v) is 3.17. The van der Waals surface area contributed by atoms with Gasteiger partial charge in [-0.25, -0.2) is 4.98 Å². The van der Waals surface area contributed by atoms with E-state index in [2.05, 4.69) is 24.0 Å². The number of pyridine rings is 1. The summed E-state index contributed by atoms with van der Waals surface area (Å²) in [6, 6.07) is 4.22. The van der Waals surface area contributed by atoms with Crippen molar-refractivity contribution in [2.24, 2.45) is 0 Å². The van der Waals surface area contributed by atoms with Gasteiger partial charge in [0.2, 0.25) is 0 Å². The Balaban J connectivity index is 2.81. The van der Waals surface area contributed by atoms with Gasteiger partial charge in [0.05, 0.1) is 0 Å². The van der Waals surface area contributed by atoms with Gasteiger partial charge in [-0.2, -0.15) is 0 Å². The second-order valence-electron chi connectivity index (χ2n) is 3.17. The number of nitrogens with zero attached hydrogens (tertiary/aromatic N) is 2. The molecule has 0 atom stereocenters. The molecule has 1 heterocycles. The highest BCUT2D eigenvalue weighted by molar-refractivity contribution is 5.38. The average molecular weight is 164 g/mol. The van der Waals surface area contributed by atoms with Gasteiger partial charge < -0.3 is 4.90 Å². The highest BCUT2D eigenvalue weighted by atomic mass is 15.1. The molecule has 1 aromatic rings. The first kappa shape index (κ1) is 9.04. The number of aromatic nitrogens is 1. The van der Waals surface area contributed by atoms with E-state index in [1.165, 1.54) is 12.0 Å². The Morgan fingerprint density at radius 3 is 2.75 bits per heavy atom. The van der Waals surface area contributed by atoms with Gasteiger partial charge in [-0.05, 0) is 24.1 Å². The van der Waals surface area contributed by atoms with Crippen LogP contribution in [0.4, 0.5) is 5.82 Å². The van der Waals surface area contributed by atoms with Crippen molar-refractivity contribution >= 4 is 5.82 Å². The fraction of sp³-hybridized carbons (Fsp3) is 0.500. The Hall–Kier alpha value is -1.05. The molecule has 0 N–H and O–H groups in total. The van der Waals surface area contributed by atoms with Gasteiger partial charge in [0.25, 0.3) is 0 Å². The summed E-state index contributed by atoms with van der Waals surface area (Å²) >= 11 is 0. The van der Waals surface area contributed by atoms with Crippen LogP contribution >= 0.6 is 0 Å². The van der Waals surface area contributed by atoms with Crippen molar-refractivity contribution in [1.82, 2.24) is 4.98 Å². The topological polar surface area (TPSA) is 16.1 Å². The van der Waals surface area contributed by atoms with Crippen molar-refractivity contribution in [3.05, 3.63) is 23.9 Å². The highest BCUT2D eigenvalue weighted by Crippen LogP contribution is 2.10. The van der Waals surface area contributed by atoms with Crippen LogP contribution < -0.4 is 4.90 Å². The Morgan fingerprint density at radius 1 is 1.42 bits per heavy atom. The normalized spacial score (nSPS) is 9.92. The van der Waals surface area contributed by atoms with Gasteiger partial charge in [-0.15, -0.1) is 0 Å². The van der Waals surface area contributed by atoms with Gasteiger partial charge in [-0.1, -0.05) is 13.3 Å². The lowest BCUT2D eigenvalue weighted by Gasteiger charge is -2.11. The third kappa shape index (κ3) is 2.22. The van der Waals surface area contributed by atoms with E-state index in [9.17, 15) is 0 Å². The summed E-state index contributed by atoms with van der Waals surface area (Å²) in [6.45, 7) is 2.19. The van der Waals surface area contributed by atoms with Crippen molar-refractivity contribution < 1.29 is 0 Å². The predicted molar refractivity (Wildman–Crippen MR) is 52.6 cm³/mol. The van der Waals surface area contributed by atoms with Crippen molar-refractivity contribution in [3.8, 4) is 0 Å². The fourth-order valence-corrected chi connectivity index (χ4v) is 1.15. The first-order chi connectivity index (χ1) is 5.74. The summed E-state index contributed by atoms with van der Waals surface area (Å²) in [5.74, 6) is 1.04. The van der Waals surface area contributed by atoms with Gasteiger partial charge >= 0.3 is 0 Å². The van der Waals surface area contributed by atoms with E-state index in [-0.39, 0.29) is 0 Å². The second kappa shape index (κ2) is 4.10. The van der Waals surface area contributed by atoms with Gasteiger partial charge in [0.15, 0.2) is 0 Å². The maximum atomic E-state index is 4.25. The molecule has 0 radical (unpaired) electrons. The van der Waals surface area contributed by atoms with Crippen molar-refractivity contribution in [3.63, 3.8) is 0 Å². The van der Waals surface area contributed by atoms with E-state index >= 15 is 0 Å². The number of aryl methyl sites for hydroxylation is 1. The van der Waals surface area contributed by atoms with Crippen molar-refractivity contribution in [2.45, 2.75) is 19.8 Å². The van der Waals surface area contributed by atoms with Crippen LogP contribution in [-0.4, -0.2) is 19.1 Å². The molecular formula is C10H16N2. The zero-order valence-corrected chi connectivity index (χ0v) is 8.04. The predicted octanol–water partition coefficient (Wildman–Crippen LogP) is 2.10. The third-order valence-electron chi connectivity index (χ3n) is 1.81. The summed E-state index contributed by atoms with van der Waals surface area (Å²) in [4.78, 5) is 6.27. The number of rotatable bonds is 3. The Labute approximate surface area is 74.2 Å². The smallest absolute Gasteiger partial charge is 0.128 e. The zero-order valence-electron chi connectivity index (χ0n) is 8.04. The molecule has 0 saturated carbocycles. The monoisotopic (exact) mass is 164 g/mol. The Bertz CT molecular complexity index is 243. The molecule has 2 nitrogen and oxygen atoms in total. The molecule has 0 aliphatic rings. The zero-order chi connectivity index (χ0) is 8.97. The standard InChI is InChI=1S/C10H16N2/c1-4-5-9-6-7-11-10(8-9)12(2)3/h6-8H,4-5H2,1-3H3. The van der Waals surface area contributed by atoms with Crippen LogP contribution in [-0.2, 0) is 6.42 Å². The minimum absolute atomic E-state index is 1.04. The molecule has 1 rings (SSSR count). The molecule has 0 fully saturated rings. The average Bonchev–Trinajstić information content (AvgIpc) is 2.05. The van der Waals surface area contributed by atoms with Crippen LogP contribution in [0.3, 0.4) is 0 Å². The van der Waals surface area contributed by atoms with Crippen LogP contribution in [0.2, 0.25) is 0 Å². The van der Waals surface area contributed by atoms with Crippen LogP contribution in [0.5, 0.6) is 0 Å². The van der Waals surface area contributed by atoms with E-state index in [1.54, 1.807) is 0 Å². The Morgan fingerprint density at radius 2 is 2.17 bits per heavy atom. The number of hydrogen-bond donors (Lipinski definition) is 0. The highest BCUT2D eigenvalue weighted by Gasteiger charge is 1.97. The number of anilines is 1. The quantitative estimate of drug-likeness (QED) is 0.680. The molecule has 1 aromatic heterocycles. The van der Waals surface area contributed by atoms with Crippen molar-refractivity contribution in [2.75, 3.05) is 19.0 Å². The summed E-state index contributed by atoms with van der Waals surface area (Å²) in [7, 11) is 4.02. The van der Waals surface area contributed by atoms with Gasteiger partial charge in [-0.3, -0.25) is 0 Å². The molecule has 12 heavy (non-hydrogen) atoms. The first-order valence-electron chi connectivity index (χ1n) is 4.36. The molecule has 0 aromatic carbocycles. The largest absolute Gasteiger partial charge is 0.363 e. The molecular weight excluding hydrogens is 148 g/mol. The van der Waals surface area contributed by atoms with E-state index in [4.69, 9.17) is 0 Å². The molecule has 0 aliphatic heterocycles. The third-order valence-corrected chi connectivity index (χ3v) is 1.81. The SMILES string of the molecule is CCCc1ccnc(N(C)C)c1. The molecule has 66 valence electrons. The lowest BCUT2D eigenvalue weighted by atomic mass is 10.1. The molecule has 0 bridgehead atoms. The lowest BCUT2D eigenvalue weighted by molar-refractivity contribution is 0.914. The summed E-state index contributed by atoms with van der Waals surface area (Å²) in [6.07, 6.45) is 4.21. The van der Waals surface area contributed by atoms with Crippen molar-refractivity contribution in [1.29, 1.82) is 0 Å². The van der Waals surface area contributed by atoms with Crippen LogP contribution in [0.15, 0.2) is 18.3 Å². The molecule has 0 saturated heterocycles. The van der Waals surface area contributed by atoms with E-state index < -0.39 is 0 Å². The lowest BCUT2D eigenvalue weighted by Crippen LogP contribution is -2.10. The van der Waals surface area contributed by atoms with E-state index in [1.807, 2.05) is 25.2 Å². The van der Waals surface area contributed by atoms with Gasteiger partial charge in [0, 0.05) is 20.3 Å². The minimum atomic E-state index is 1.04. The van der Waals surface area contributed by atoms with Crippen LogP contribution in [0, 0.1) is 0 Å². The number of hydrogen-bond acceptors (Lipinski definition) is 2. The van der Waals surface area contributed by atoms with Crippen LogP contribution in [0.25, 0.3) is 0 Å². The maximum Gasteiger partial charge on any atom is 0.128 e.